The van der Waals surface area contributed by atoms with Gasteiger partial charge < -0.3 is 4.90 Å². The Bertz CT molecular complexity index is 218. The molecule has 0 fully saturated rings. The highest BCUT2D eigenvalue weighted by atomic mass is 19.3. The van der Waals surface area contributed by atoms with Gasteiger partial charge in [-0.05, 0) is 0 Å². The molecule has 0 N–H and O–H groups in total. The minimum Gasteiger partial charge on any atom is -0.347 e. The Kier molecular flexibility index (Phi) is 2.52. The predicted octanol–water partition coefficient (Wildman–Crippen LogP) is 1.48. The Morgan fingerprint density at radius 3 is 2.08 bits per heavy atom. The van der Waals surface area contributed by atoms with Gasteiger partial charge in [-0.1, -0.05) is 0 Å². The van der Waals surface area contributed by atoms with Crippen LogP contribution in [-0.4, -0.2) is 24.1 Å². The SMILES string of the molecule is CN(C)c1ncc(C(F)F)cn1. The van der Waals surface area contributed by atoms with E-state index in [2.05, 4.69) is 9.97 Å². The molecule has 1 aromatic heterocycles. The van der Waals surface area contributed by atoms with Crippen LogP contribution in [-0.2, 0) is 0 Å². The van der Waals surface area contributed by atoms with Crippen LogP contribution in [0.15, 0.2) is 12.4 Å². The maximum Gasteiger partial charge on any atom is 0.266 e. The van der Waals surface area contributed by atoms with E-state index in [-0.39, 0.29) is 5.56 Å². The van der Waals surface area contributed by atoms with E-state index < -0.39 is 6.43 Å². The van der Waals surface area contributed by atoms with Crippen LogP contribution < -0.4 is 4.90 Å². The molecule has 12 heavy (non-hydrogen) atoms. The first kappa shape index (κ1) is 8.83. The van der Waals surface area contributed by atoms with Crippen molar-refractivity contribution in [3.05, 3.63) is 18.0 Å². The fourth-order valence-electron chi connectivity index (χ4n) is 0.675. The first-order valence-corrected chi connectivity index (χ1v) is 3.38. The fourth-order valence-corrected chi connectivity index (χ4v) is 0.675. The zero-order valence-corrected chi connectivity index (χ0v) is 6.83. The molecule has 1 heterocycles. The molecular weight excluding hydrogens is 164 g/mol. The molecule has 0 amide bonds. The van der Waals surface area contributed by atoms with Crippen molar-refractivity contribution in [2.45, 2.75) is 6.43 Å². The average molecular weight is 173 g/mol. The molecule has 0 saturated carbocycles. The zero-order chi connectivity index (χ0) is 9.14. The van der Waals surface area contributed by atoms with E-state index in [1.165, 1.54) is 0 Å². The van der Waals surface area contributed by atoms with E-state index in [0.717, 1.165) is 12.4 Å². The number of hydrogen-bond acceptors (Lipinski definition) is 3. The number of rotatable bonds is 2. The van der Waals surface area contributed by atoms with Crippen LogP contribution in [0.3, 0.4) is 0 Å². The van der Waals surface area contributed by atoms with E-state index in [4.69, 9.17) is 0 Å². The van der Waals surface area contributed by atoms with Gasteiger partial charge in [0.25, 0.3) is 6.43 Å². The highest BCUT2D eigenvalue weighted by molar-refractivity contribution is 5.26. The lowest BCUT2D eigenvalue weighted by atomic mass is 10.4. The Hall–Kier alpha value is -1.26. The van der Waals surface area contributed by atoms with E-state index in [0.29, 0.717) is 5.95 Å². The summed E-state index contributed by atoms with van der Waals surface area (Å²) < 4.78 is 24.0. The molecule has 3 nitrogen and oxygen atoms in total. The minimum atomic E-state index is -2.50. The average Bonchev–Trinajstić information content (AvgIpc) is 2.04. The van der Waals surface area contributed by atoms with Gasteiger partial charge in [0.05, 0.1) is 5.56 Å². The van der Waals surface area contributed by atoms with Crippen molar-refractivity contribution in [3.63, 3.8) is 0 Å². The third kappa shape index (κ3) is 1.87. The van der Waals surface area contributed by atoms with Gasteiger partial charge >= 0.3 is 0 Å². The number of aromatic nitrogens is 2. The molecule has 0 aliphatic rings. The molecule has 1 aromatic rings. The topological polar surface area (TPSA) is 29.0 Å². The Labute approximate surface area is 69.1 Å². The zero-order valence-electron chi connectivity index (χ0n) is 6.83. The molecule has 0 aromatic carbocycles. The summed E-state index contributed by atoms with van der Waals surface area (Å²) in [5.74, 6) is 0.430. The highest BCUT2D eigenvalue weighted by Gasteiger charge is 2.07. The van der Waals surface area contributed by atoms with Gasteiger partial charge in [-0.2, -0.15) is 0 Å². The standard InChI is InChI=1S/C7H9F2N3/c1-12(2)7-10-3-5(4-11-7)6(8)9/h3-4,6H,1-2H3. The van der Waals surface area contributed by atoms with Gasteiger partial charge in [0.1, 0.15) is 0 Å². The summed E-state index contributed by atoms with van der Waals surface area (Å²) in [5, 5.41) is 0. The molecule has 1 rings (SSSR count). The van der Waals surface area contributed by atoms with Crippen molar-refractivity contribution < 1.29 is 8.78 Å². The minimum absolute atomic E-state index is 0.152. The van der Waals surface area contributed by atoms with Crippen molar-refractivity contribution >= 4 is 5.95 Å². The smallest absolute Gasteiger partial charge is 0.266 e. The lowest BCUT2D eigenvalue weighted by Crippen LogP contribution is -2.12. The monoisotopic (exact) mass is 173 g/mol. The molecule has 0 radical (unpaired) electrons. The van der Waals surface area contributed by atoms with Crippen molar-refractivity contribution in [1.82, 2.24) is 9.97 Å². The van der Waals surface area contributed by atoms with Crippen molar-refractivity contribution in [2.24, 2.45) is 0 Å². The van der Waals surface area contributed by atoms with Gasteiger partial charge in [-0.3, -0.25) is 0 Å². The summed E-state index contributed by atoms with van der Waals surface area (Å²) in [4.78, 5) is 9.12. The van der Waals surface area contributed by atoms with Gasteiger partial charge in [-0.15, -0.1) is 0 Å². The summed E-state index contributed by atoms with van der Waals surface area (Å²) in [7, 11) is 3.49. The fraction of sp³-hybridized carbons (Fsp3) is 0.429. The maximum atomic E-state index is 12.0. The third-order valence-electron chi connectivity index (χ3n) is 1.31. The Morgan fingerprint density at radius 1 is 1.25 bits per heavy atom. The van der Waals surface area contributed by atoms with Crippen LogP contribution >= 0.6 is 0 Å². The molecule has 0 atom stereocenters. The first-order valence-electron chi connectivity index (χ1n) is 3.38. The van der Waals surface area contributed by atoms with Gasteiger partial charge in [0.2, 0.25) is 5.95 Å². The summed E-state index contributed by atoms with van der Waals surface area (Å²) in [6, 6.07) is 0. The quantitative estimate of drug-likeness (QED) is 0.678. The summed E-state index contributed by atoms with van der Waals surface area (Å²) >= 11 is 0. The van der Waals surface area contributed by atoms with Crippen LogP contribution in [0.4, 0.5) is 14.7 Å². The van der Waals surface area contributed by atoms with Crippen LogP contribution in [0.5, 0.6) is 0 Å². The third-order valence-corrected chi connectivity index (χ3v) is 1.31. The normalized spacial score (nSPS) is 10.4. The second-order valence-electron chi connectivity index (χ2n) is 2.51. The molecule has 0 bridgehead atoms. The molecule has 5 heteroatoms. The predicted molar refractivity (Wildman–Crippen MR) is 41.3 cm³/mol. The van der Waals surface area contributed by atoms with Crippen LogP contribution in [0, 0.1) is 0 Å². The lowest BCUT2D eigenvalue weighted by molar-refractivity contribution is 0.150. The van der Waals surface area contributed by atoms with Gasteiger partial charge in [0, 0.05) is 26.5 Å². The summed E-state index contributed by atoms with van der Waals surface area (Å²) in [6.45, 7) is 0. The molecule has 0 saturated heterocycles. The van der Waals surface area contributed by atoms with Crippen molar-refractivity contribution in [3.8, 4) is 0 Å². The Balaban J connectivity index is 2.86. The van der Waals surface area contributed by atoms with Crippen molar-refractivity contribution in [2.75, 3.05) is 19.0 Å². The van der Waals surface area contributed by atoms with E-state index in [1.54, 1.807) is 19.0 Å². The molecule has 0 unspecified atom stereocenters. The van der Waals surface area contributed by atoms with E-state index in [9.17, 15) is 8.78 Å². The number of anilines is 1. The van der Waals surface area contributed by atoms with Crippen LogP contribution in [0.1, 0.15) is 12.0 Å². The number of nitrogens with zero attached hydrogens (tertiary/aromatic N) is 3. The van der Waals surface area contributed by atoms with E-state index in [1.807, 2.05) is 0 Å². The molecule has 66 valence electrons. The van der Waals surface area contributed by atoms with Gasteiger partial charge in [-0.25, -0.2) is 18.7 Å². The summed E-state index contributed by atoms with van der Waals surface area (Å²) in [5.41, 5.74) is -0.152. The molecule has 0 aliphatic carbocycles. The second-order valence-corrected chi connectivity index (χ2v) is 2.51. The Morgan fingerprint density at radius 2 is 1.75 bits per heavy atom. The highest BCUT2D eigenvalue weighted by Crippen LogP contribution is 2.16. The maximum absolute atomic E-state index is 12.0. The molecule has 0 aliphatic heterocycles. The van der Waals surface area contributed by atoms with Crippen LogP contribution in [0.2, 0.25) is 0 Å². The number of hydrogen-bond donors (Lipinski definition) is 0. The molecular formula is C7H9F2N3. The second kappa shape index (κ2) is 3.42. The van der Waals surface area contributed by atoms with E-state index >= 15 is 0 Å². The van der Waals surface area contributed by atoms with Crippen LogP contribution in [0.25, 0.3) is 0 Å². The van der Waals surface area contributed by atoms with Gasteiger partial charge in [0.15, 0.2) is 0 Å². The number of halogens is 2. The number of alkyl halides is 2. The summed E-state index contributed by atoms with van der Waals surface area (Å²) in [6.07, 6.45) is -0.235. The molecule has 0 spiro atoms. The first-order chi connectivity index (χ1) is 5.61. The largest absolute Gasteiger partial charge is 0.347 e. The van der Waals surface area contributed by atoms with Crippen molar-refractivity contribution in [1.29, 1.82) is 0 Å². The lowest BCUT2D eigenvalue weighted by Gasteiger charge is -2.09.